The van der Waals surface area contributed by atoms with E-state index in [1.807, 2.05) is 17.5 Å². The van der Waals surface area contributed by atoms with Crippen LogP contribution in [0.4, 0.5) is 5.69 Å². The minimum absolute atomic E-state index is 0.00134. The van der Waals surface area contributed by atoms with Gasteiger partial charge in [-0.25, -0.2) is 0 Å². The van der Waals surface area contributed by atoms with Crippen molar-refractivity contribution in [2.75, 3.05) is 26.2 Å². The van der Waals surface area contributed by atoms with Crippen molar-refractivity contribution in [1.82, 2.24) is 15.1 Å². The molecule has 9 nitrogen and oxygen atoms in total. The highest BCUT2D eigenvalue weighted by atomic mass is 32.1. The van der Waals surface area contributed by atoms with Gasteiger partial charge in [0, 0.05) is 44.4 Å². The van der Waals surface area contributed by atoms with Crippen molar-refractivity contribution in [2.24, 2.45) is 23.5 Å². The summed E-state index contributed by atoms with van der Waals surface area (Å²) in [4.78, 5) is 42.5. The first kappa shape index (κ1) is 29.2. The number of benzene rings is 1. The Hall–Kier alpha value is -2.82. The van der Waals surface area contributed by atoms with E-state index in [0.29, 0.717) is 55.2 Å². The molecule has 1 aliphatic carbocycles. The first-order valence-electron chi connectivity index (χ1n) is 14.0. The Morgan fingerprint density at radius 2 is 1.92 bits per heavy atom. The number of amides is 2. The Morgan fingerprint density at radius 3 is 2.56 bits per heavy atom. The van der Waals surface area contributed by atoms with E-state index in [9.17, 15) is 19.7 Å². The van der Waals surface area contributed by atoms with Crippen LogP contribution in [-0.4, -0.2) is 64.8 Å². The van der Waals surface area contributed by atoms with Crippen LogP contribution < -0.4 is 11.1 Å². The summed E-state index contributed by atoms with van der Waals surface area (Å²) in [6, 6.07) is 9.77. The van der Waals surface area contributed by atoms with Gasteiger partial charge < -0.3 is 16.0 Å². The molecule has 1 saturated heterocycles. The molecular weight excluding hydrogens is 514 g/mol. The lowest BCUT2D eigenvalue weighted by Gasteiger charge is -2.30. The van der Waals surface area contributed by atoms with E-state index in [1.165, 1.54) is 23.5 Å². The fourth-order valence-electron chi connectivity index (χ4n) is 6.03. The fraction of sp³-hybridized carbons (Fsp3) is 0.586. The number of nitrogens with two attached hydrogens (primary N) is 1. The predicted octanol–water partition coefficient (Wildman–Crippen LogP) is 4.28. The standard InChI is InChI=1S/C29H41N5O4S/c1-20(2)17-32(18-21-8-10-24(11-9-21)34(37)38)25-14-26(33(19-25)29(36)27-7-4-12-39-27)28(35)31-16-23-6-3-5-22(13-23)15-30/h4,7-12,20,22-23,25-26H,3,5-6,13-19,30H2,1-2H3,(H,31,35). The molecule has 0 bridgehead atoms. The molecule has 2 fully saturated rings. The molecule has 1 saturated carbocycles. The quantitative estimate of drug-likeness (QED) is 0.315. The van der Waals surface area contributed by atoms with E-state index in [2.05, 4.69) is 24.1 Å². The Bertz CT molecular complexity index is 1110. The topological polar surface area (TPSA) is 122 Å². The van der Waals surface area contributed by atoms with Crippen LogP contribution in [0.25, 0.3) is 0 Å². The molecule has 4 unspecified atom stereocenters. The summed E-state index contributed by atoms with van der Waals surface area (Å²) in [6.07, 6.45) is 5.00. The lowest BCUT2D eigenvalue weighted by atomic mass is 9.81. The second kappa shape index (κ2) is 13.5. The van der Waals surface area contributed by atoms with Crippen molar-refractivity contribution in [3.05, 3.63) is 62.3 Å². The third-order valence-corrected chi connectivity index (χ3v) is 8.87. The molecule has 2 heterocycles. The van der Waals surface area contributed by atoms with Crippen LogP contribution in [-0.2, 0) is 11.3 Å². The maximum absolute atomic E-state index is 13.6. The summed E-state index contributed by atoms with van der Waals surface area (Å²) in [6.45, 7) is 7.46. The normalized spacial score (nSPS) is 23.4. The molecule has 0 spiro atoms. The third kappa shape index (κ3) is 7.64. The number of hydrogen-bond donors (Lipinski definition) is 2. The average Bonchev–Trinajstić information content (AvgIpc) is 3.62. The van der Waals surface area contributed by atoms with E-state index >= 15 is 0 Å². The zero-order valence-electron chi connectivity index (χ0n) is 23.0. The SMILES string of the molecule is CC(C)CN(Cc1ccc([N+](=O)[O-])cc1)C1CC(C(=O)NCC2CCCC(CN)C2)N(C(=O)c2cccs2)C1. The second-order valence-electron chi connectivity index (χ2n) is 11.5. The van der Waals surface area contributed by atoms with Gasteiger partial charge in [-0.2, -0.15) is 0 Å². The first-order chi connectivity index (χ1) is 18.7. The van der Waals surface area contributed by atoms with Crippen LogP contribution in [0.15, 0.2) is 41.8 Å². The molecule has 10 heteroatoms. The number of thiophene rings is 1. The molecule has 3 N–H and O–H groups in total. The number of carbonyl (C=O) groups is 2. The van der Waals surface area contributed by atoms with Gasteiger partial charge in [-0.05, 0) is 67.0 Å². The summed E-state index contributed by atoms with van der Waals surface area (Å²) in [7, 11) is 0. The molecule has 39 heavy (non-hydrogen) atoms. The van der Waals surface area contributed by atoms with Crippen LogP contribution in [0.1, 0.15) is 61.2 Å². The van der Waals surface area contributed by atoms with E-state index in [0.717, 1.165) is 37.8 Å². The number of hydrogen-bond acceptors (Lipinski definition) is 7. The fourth-order valence-corrected chi connectivity index (χ4v) is 6.71. The van der Waals surface area contributed by atoms with Crippen molar-refractivity contribution >= 4 is 28.8 Å². The number of rotatable bonds is 11. The van der Waals surface area contributed by atoms with Gasteiger partial charge in [-0.3, -0.25) is 24.6 Å². The minimum atomic E-state index is -0.537. The number of nitro groups is 1. The molecule has 2 aromatic rings. The number of nitrogens with one attached hydrogen (secondary N) is 1. The van der Waals surface area contributed by atoms with Gasteiger partial charge in [-0.1, -0.05) is 38.5 Å². The summed E-state index contributed by atoms with van der Waals surface area (Å²) in [5.41, 5.74) is 6.94. The van der Waals surface area contributed by atoms with E-state index < -0.39 is 11.0 Å². The van der Waals surface area contributed by atoms with E-state index in [-0.39, 0.29) is 23.5 Å². The van der Waals surface area contributed by atoms with Gasteiger partial charge in [-0.15, -0.1) is 11.3 Å². The van der Waals surface area contributed by atoms with E-state index in [4.69, 9.17) is 5.73 Å². The molecule has 212 valence electrons. The molecule has 2 aliphatic rings. The zero-order valence-corrected chi connectivity index (χ0v) is 23.8. The summed E-state index contributed by atoms with van der Waals surface area (Å²) < 4.78 is 0. The van der Waals surface area contributed by atoms with Gasteiger partial charge in [0.2, 0.25) is 5.91 Å². The van der Waals surface area contributed by atoms with Crippen molar-refractivity contribution in [3.8, 4) is 0 Å². The number of non-ortho nitro benzene ring substituents is 1. The van der Waals surface area contributed by atoms with Crippen LogP contribution >= 0.6 is 11.3 Å². The second-order valence-corrected chi connectivity index (χ2v) is 12.4. The maximum atomic E-state index is 13.6. The van der Waals surface area contributed by atoms with Crippen molar-refractivity contribution < 1.29 is 14.5 Å². The Kier molecular flexibility index (Phi) is 10.1. The highest BCUT2D eigenvalue weighted by Crippen LogP contribution is 2.30. The van der Waals surface area contributed by atoms with Gasteiger partial charge in [0.15, 0.2) is 0 Å². The zero-order chi connectivity index (χ0) is 27.9. The van der Waals surface area contributed by atoms with Gasteiger partial charge in [0.25, 0.3) is 11.6 Å². The monoisotopic (exact) mass is 555 g/mol. The van der Waals surface area contributed by atoms with Crippen LogP contribution in [0.3, 0.4) is 0 Å². The molecule has 1 aromatic carbocycles. The largest absolute Gasteiger partial charge is 0.354 e. The predicted molar refractivity (Wildman–Crippen MR) is 153 cm³/mol. The molecule has 2 amide bonds. The lowest BCUT2D eigenvalue weighted by Crippen LogP contribution is -2.47. The summed E-state index contributed by atoms with van der Waals surface area (Å²) >= 11 is 1.39. The minimum Gasteiger partial charge on any atom is -0.354 e. The third-order valence-electron chi connectivity index (χ3n) is 8.01. The van der Waals surface area contributed by atoms with Crippen molar-refractivity contribution in [3.63, 3.8) is 0 Å². The van der Waals surface area contributed by atoms with E-state index in [1.54, 1.807) is 17.0 Å². The Morgan fingerprint density at radius 1 is 1.18 bits per heavy atom. The van der Waals surface area contributed by atoms with Crippen molar-refractivity contribution in [1.29, 1.82) is 0 Å². The van der Waals surface area contributed by atoms with Gasteiger partial charge in [0.1, 0.15) is 6.04 Å². The average molecular weight is 556 g/mol. The molecule has 4 rings (SSSR count). The number of likely N-dealkylation sites (tertiary alicyclic amines) is 1. The number of nitrogens with zero attached hydrogens (tertiary/aromatic N) is 3. The smallest absolute Gasteiger partial charge is 0.269 e. The highest BCUT2D eigenvalue weighted by molar-refractivity contribution is 7.12. The summed E-state index contributed by atoms with van der Waals surface area (Å²) in [5, 5.41) is 16.2. The summed E-state index contributed by atoms with van der Waals surface area (Å²) in [5.74, 6) is 1.14. The number of nitro benzene ring substituents is 1. The molecule has 1 aromatic heterocycles. The Balaban J connectivity index is 1.49. The Labute approximate surface area is 234 Å². The van der Waals surface area contributed by atoms with Crippen molar-refractivity contribution in [2.45, 2.75) is 64.6 Å². The van der Waals surface area contributed by atoms with Crippen LogP contribution in [0, 0.1) is 27.9 Å². The maximum Gasteiger partial charge on any atom is 0.269 e. The van der Waals surface area contributed by atoms with Gasteiger partial charge >= 0.3 is 0 Å². The molecule has 0 radical (unpaired) electrons. The highest BCUT2D eigenvalue weighted by Gasteiger charge is 2.42. The number of carbonyl (C=O) groups excluding carboxylic acids is 2. The molecule has 1 aliphatic heterocycles. The van der Waals surface area contributed by atoms with Crippen LogP contribution in [0.2, 0.25) is 0 Å². The van der Waals surface area contributed by atoms with Gasteiger partial charge in [0.05, 0.1) is 9.80 Å². The lowest BCUT2D eigenvalue weighted by molar-refractivity contribution is -0.384. The molecule has 4 atom stereocenters. The molecular formula is C29H41N5O4S. The first-order valence-corrected chi connectivity index (χ1v) is 14.9. The van der Waals surface area contributed by atoms with Crippen LogP contribution in [0.5, 0.6) is 0 Å².